The Morgan fingerprint density at radius 3 is 2.81 bits per heavy atom. The van der Waals surface area contributed by atoms with E-state index in [1.54, 1.807) is 19.1 Å². The van der Waals surface area contributed by atoms with Crippen LogP contribution in [-0.2, 0) is 11.3 Å². The van der Waals surface area contributed by atoms with Gasteiger partial charge < -0.3 is 10.4 Å². The van der Waals surface area contributed by atoms with Gasteiger partial charge in [-0.25, -0.2) is 9.18 Å². The van der Waals surface area contributed by atoms with E-state index < -0.39 is 5.97 Å². The Kier molecular flexibility index (Phi) is 4.32. The van der Waals surface area contributed by atoms with Gasteiger partial charge in [-0.05, 0) is 24.6 Å². The number of nitrogens with one attached hydrogen (secondary N) is 1. The van der Waals surface area contributed by atoms with Crippen LogP contribution in [0, 0.1) is 12.7 Å². The largest absolute Gasteiger partial charge is 0.478 e. The van der Waals surface area contributed by atoms with Crippen molar-refractivity contribution >= 4 is 17.6 Å². The molecule has 0 radical (unpaired) electrons. The quantitative estimate of drug-likeness (QED) is 0.883. The number of nitrogens with zero attached hydrogens (tertiary/aromatic N) is 2. The smallest absolute Gasteiger partial charge is 0.338 e. The Balaban J connectivity index is 1.89. The number of carbonyl (C=O) groups excluding carboxylic acids is 1. The van der Waals surface area contributed by atoms with E-state index in [0.29, 0.717) is 11.3 Å². The lowest BCUT2D eigenvalue weighted by molar-refractivity contribution is -0.116. The Bertz CT molecular complexity index is 682. The third kappa shape index (κ3) is 3.88. The number of carbonyl (C=O) groups is 2. The standard InChI is InChI=1S/C14H14FN3O3/c1-9-2-3-11(6-12(9)15)17-13(19)4-5-18-8-10(7-16-18)14(20)21/h2-3,6-8H,4-5H2,1H3,(H,17,19)(H,20,21). The van der Waals surface area contributed by atoms with Gasteiger partial charge in [0.25, 0.3) is 0 Å². The average molecular weight is 291 g/mol. The normalized spacial score (nSPS) is 10.4. The third-order valence-electron chi connectivity index (χ3n) is 2.90. The second-order valence-electron chi connectivity index (χ2n) is 4.56. The van der Waals surface area contributed by atoms with Crippen LogP contribution in [0.3, 0.4) is 0 Å². The molecule has 2 rings (SSSR count). The summed E-state index contributed by atoms with van der Waals surface area (Å²) in [5.74, 6) is -1.75. The zero-order chi connectivity index (χ0) is 15.4. The van der Waals surface area contributed by atoms with Gasteiger partial charge in [-0.2, -0.15) is 5.10 Å². The van der Waals surface area contributed by atoms with Crippen molar-refractivity contribution < 1.29 is 19.1 Å². The van der Waals surface area contributed by atoms with E-state index in [9.17, 15) is 14.0 Å². The first-order valence-corrected chi connectivity index (χ1v) is 6.27. The molecule has 1 aromatic carbocycles. The SMILES string of the molecule is Cc1ccc(NC(=O)CCn2cc(C(=O)O)cn2)cc1F. The van der Waals surface area contributed by atoms with Gasteiger partial charge in [0.1, 0.15) is 5.82 Å². The number of amides is 1. The molecule has 0 saturated heterocycles. The topological polar surface area (TPSA) is 84.2 Å². The van der Waals surface area contributed by atoms with Crippen molar-refractivity contribution in [3.63, 3.8) is 0 Å². The van der Waals surface area contributed by atoms with Crippen molar-refractivity contribution in [2.45, 2.75) is 19.9 Å². The number of anilines is 1. The fourth-order valence-corrected chi connectivity index (χ4v) is 1.71. The molecule has 110 valence electrons. The summed E-state index contributed by atoms with van der Waals surface area (Å²) in [4.78, 5) is 22.4. The molecule has 2 aromatic rings. The van der Waals surface area contributed by atoms with Crippen LogP contribution in [0.15, 0.2) is 30.6 Å². The van der Waals surface area contributed by atoms with Crippen molar-refractivity contribution in [1.82, 2.24) is 9.78 Å². The Morgan fingerprint density at radius 1 is 1.43 bits per heavy atom. The Morgan fingerprint density at radius 2 is 2.19 bits per heavy atom. The summed E-state index contributed by atoms with van der Waals surface area (Å²) in [7, 11) is 0. The molecule has 1 heterocycles. The van der Waals surface area contributed by atoms with Crippen LogP contribution >= 0.6 is 0 Å². The number of carboxylic acid groups (broad SMARTS) is 1. The maximum Gasteiger partial charge on any atom is 0.338 e. The van der Waals surface area contributed by atoms with Gasteiger partial charge in [0.15, 0.2) is 0 Å². The maximum absolute atomic E-state index is 13.3. The first-order valence-electron chi connectivity index (χ1n) is 6.27. The monoisotopic (exact) mass is 291 g/mol. The van der Waals surface area contributed by atoms with E-state index in [2.05, 4.69) is 10.4 Å². The molecule has 0 unspecified atom stereocenters. The Labute approximate surface area is 120 Å². The maximum atomic E-state index is 13.3. The van der Waals surface area contributed by atoms with Gasteiger partial charge in [-0.1, -0.05) is 6.07 Å². The third-order valence-corrected chi connectivity index (χ3v) is 2.90. The molecule has 21 heavy (non-hydrogen) atoms. The molecule has 1 aromatic heterocycles. The summed E-state index contributed by atoms with van der Waals surface area (Å²) in [6.45, 7) is 1.88. The molecule has 0 aliphatic rings. The van der Waals surface area contributed by atoms with Crippen molar-refractivity contribution in [3.05, 3.63) is 47.5 Å². The molecule has 0 bridgehead atoms. The molecule has 0 aliphatic heterocycles. The van der Waals surface area contributed by atoms with E-state index in [1.165, 1.54) is 23.1 Å². The number of aryl methyl sites for hydroxylation is 2. The van der Waals surface area contributed by atoms with Crippen molar-refractivity contribution in [1.29, 1.82) is 0 Å². The van der Waals surface area contributed by atoms with Crippen LogP contribution in [0.5, 0.6) is 0 Å². The minimum absolute atomic E-state index is 0.0658. The van der Waals surface area contributed by atoms with Gasteiger partial charge in [-0.3, -0.25) is 9.48 Å². The van der Waals surface area contributed by atoms with E-state index in [0.717, 1.165) is 0 Å². The van der Waals surface area contributed by atoms with E-state index in [4.69, 9.17) is 5.11 Å². The first-order chi connectivity index (χ1) is 9.95. The number of rotatable bonds is 5. The van der Waals surface area contributed by atoms with Crippen LogP contribution in [0.25, 0.3) is 0 Å². The number of halogens is 1. The lowest BCUT2D eigenvalue weighted by atomic mass is 10.2. The van der Waals surface area contributed by atoms with Crippen LogP contribution in [0.4, 0.5) is 10.1 Å². The number of hydrogen-bond acceptors (Lipinski definition) is 3. The molecule has 0 saturated carbocycles. The molecule has 0 spiro atoms. The highest BCUT2D eigenvalue weighted by Gasteiger charge is 2.08. The summed E-state index contributed by atoms with van der Waals surface area (Å²) in [6, 6.07) is 4.45. The van der Waals surface area contributed by atoms with E-state index in [-0.39, 0.29) is 30.3 Å². The summed E-state index contributed by atoms with van der Waals surface area (Å²) < 4.78 is 14.7. The van der Waals surface area contributed by atoms with Crippen LogP contribution in [0.1, 0.15) is 22.3 Å². The predicted octanol–water partition coefficient (Wildman–Crippen LogP) is 2.06. The second kappa shape index (κ2) is 6.17. The minimum atomic E-state index is -1.07. The highest BCUT2D eigenvalue weighted by Crippen LogP contribution is 2.13. The van der Waals surface area contributed by atoms with Crippen LogP contribution in [0.2, 0.25) is 0 Å². The lowest BCUT2D eigenvalue weighted by Crippen LogP contribution is -2.15. The molecular formula is C14H14FN3O3. The summed E-state index contributed by atoms with van der Waals surface area (Å²) >= 11 is 0. The molecule has 0 fully saturated rings. The van der Waals surface area contributed by atoms with Crippen LogP contribution in [-0.4, -0.2) is 26.8 Å². The fourth-order valence-electron chi connectivity index (χ4n) is 1.71. The number of aromatic carboxylic acids is 1. The van der Waals surface area contributed by atoms with E-state index in [1.807, 2.05) is 0 Å². The molecule has 0 aliphatic carbocycles. The van der Waals surface area contributed by atoms with E-state index >= 15 is 0 Å². The van der Waals surface area contributed by atoms with Gasteiger partial charge in [0.05, 0.1) is 11.8 Å². The Hall–Kier alpha value is -2.70. The second-order valence-corrected chi connectivity index (χ2v) is 4.56. The molecule has 7 heteroatoms. The summed E-state index contributed by atoms with van der Waals surface area (Å²) in [5, 5.41) is 15.2. The average Bonchev–Trinajstić information content (AvgIpc) is 2.90. The number of hydrogen-bond donors (Lipinski definition) is 2. The van der Waals surface area contributed by atoms with Gasteiger partial charge >= 0.3 is 5.97 Å². The fraction of sp³-hybridized carbons (Fsp3) is 0.214. The zero-order valence-corrected chi connectivity index (χ0v) is 11.3. The molecule has 6 nitrogen and oxygen atoms in total. The van der Waals surface area contributed by atoms with Gasteiger partial charge in [0, 0.05) is 24.8 Å². The first kappa shape index (κ1) is 14.7. The molecular weight excluding hydrogens is 277 g/mol. The van der Waals surface area contributed by atoms with Crippen molar-refractivity contribution in [3.8, 4) is 0 Å². The van der Waals surface area contributed by atoms with Crippen molar-refractivity contribution in [2.24, 2.45) is 0 Å². The molecule has 1 amide bonds. The predicted molar refractivity (Wildman–Crippen MR) is 73.6 cm³/mol. The van der Waals surface area contributed by atoms with Crippen molar-refractivity contribution in [2.75, 3.05) is 5.32 Å². The van der Waals surface area contributed by atoms with Crippen LogP contribution < -0.4 is 5.32 Å². The lowest BCUT2D eigenvalue weighted by Gasteiger charge is -2.06. The highest BCUT2D eigenvalue weighted by atomic mass is 19.1. The summed E-state index contributed by atoms with van der Waals surface area (Å²) in [6.07, 6.45) is 2.67. The molecule has 2 N–H and O–H groups in total. The summed E-state index contributed by atoms with van der Waals surface area (Å²) in [5.41, 5.74) is 0.955. The van der Waals surface area contributed by atoms with Gasteiger partial charge in [0.2, 0.25) is 5.91 Å². The minimum Gasteiger partial charge on any atom is -0.478 e. The number of benzene rings is 1. The van der Waals surface area contributed by atoms with Gasteiger partial charge in [-0.15, -0.1) is 0 Å². The number of aromatic nitrogens is 2. The number of carboxylic acids is 1. The highest BCUT2D eigenvalue weighted by molar-refractivity contribution is 5.90. The zero-order valence-electron chi connectivity index (χ0n) is 11.3. The molecule has 0 atom stereocenters.